The van der Waals surface area contributed by atoms with Crippen LogP contribution in [0.3, 0.4) is 0 Å². The summed E-state index contributed by atoms with van der Waals surface area (Å²) in [5, 5.41) is 7.98. The minimum absolute atomic E-state index is 0.964. The number of hydrogen-bond donors (Lipinski definition) is 1. The summed E-state index contributed by atoms with van der Waals surface area (Å²) < 4.78 is 1.92. The van der Waals surface area contributed by atoms with Gasteiger partial charge in [0.15, 0.2) is 0 Å². The van der Waals surface area contributed by atoms with Crippen molar-refractivity contribution in [1.29, 1.82) is 0 Å². The minimum Gasteiger partial charge on any atom is -0.313 e. The molecule has 104 valence electrons. The number of unbranched alkanes of at least 4 members (excludes halogenated alkanes) is 5. The first-order valence-electron chi connectivity index (χ1n) is 7.50. The van der Waals surface area contributed by atoms with Crippen LogP contribution in [0.2, 0.25) is 0 Å². The molecular formula is C15H29N3. The maximum atomic E-state index is 4.45. The standard InChI is InChI=1S/C15H29N3/c1-4-6-7-8-9-10-11-16-12-14-13-18(3)17-15(14)5-2/h13,16H,4-12H2,1-3H3. The molecule has 3 nitrogen and oxygen atoms in total. The van der Waals surface area contributed by atoms with E-state index < -0.39 is 0 Å². The van der Waals surface area contributed by atoms with Crippen molar-refractivity contribution >= 4 is 0 Å². The van der Waals surface area contributed by atoms with E-state index in [-0.39, 0.29) is 0 Å². The molecule has 0 saturated carbocycles. The summed E-state index contributed by atoms with van der Waals surface area (Å²) in [6.07, 6.45) is 11.3. The predicted molar refractivity (Wildman–Crippen MR) is 77.7 cm³/mol. The van der Waals surface area contributed by atoms with Gasteiger partial charge >= 0.3 is 0 Å². The first-order valence-corrected chi connectivity index (χ1v) is 7.50. The summed E-state index contributed by atoms with van der Waals surface area (Å²) in [7, 11) is 2.00. The van der Waals surface area contributed by atoms with Gasteiger partial charge in [-0.1, -0.05) is 46.0 Å². The summed E-state index contributed by atoms with van der Waals surface area (Å²) in [4.78, 5) is 0. The van der Waals surface area contributed by atoms with E-state index in [2.05, 4.69) is 30.5 Å². The third kappa shape index (κ3) is 5.67. The lowest BCUT2D eigenvalue weighted by Gasteiger charge is -2.04. The van der Waals surface area contributed by atoms with E-state index in [1.807, 2.05) is 11.7 Å². The summed E-state index contributed by atoms with van der Waals surface area (Å²) in [6, 6.07) is 0. The van der Waals surface area contributed by atoms with E-state index >= 15 is 0 Å². The van der Waals surface area contributed by atoms with Crippen molar-refractivity contribution in [3.8, 4) is 0 Å². The van der Waals surface area contributed by atoms with Crippen LogP contribution >= 0.6 is 0 Å². The summed E-state index contributed by atoms with van der Waals surface area (Å²) in [6.45, 7) is 6.52. The molecule has 0 atom stereocenters. The molecule has 1 aromatic rings. The van der Waals surface area contributed by atoms with Crippen molar-refractivity contribution in [1.82, 2.24) is 15.1 Å². The molecule has 18 heavy (non-hydrogen) atoms. The van der Waals surface area contributed by atoms with Crippen molar-refractivity contribution in [2.75, 3.05) is 6.54 Å². The zero-order valence-corrected chi connectivity index (χ0v) is 12.3. The van der Waals surface area contributed by atoms with Crippen LogP contribution in [0, 0.1) is 0 Å². The van der Waals surface area contributed by atoms with E-state index in [4.69, 9.17) is 0 Å². The molecular weight excluding hydrogens is 222 g/mol. The van der Waals surface area contributed by atoms with Gasteiger partial charge in [0, 0.05) is 25.4 Å². The Morgan fingerprint density at radius 3 is 2.56 bits per heavy atom. The minimum atomic E-state index is 0.964. The average Bonchev–Trinajstić information content (AvgIpc) is 2.73. The van der Waals surface area contributed by atoms with Gasteiger partial charge in [-0.25, -0.2) is 0 Å². The maximum Gasteiger partial charge on any atom is 0.0666 e. The third-order valence-electron chi connectivity index (χ3n) is 3.35. The SMILES string of the molecule is CCCCCCCCNCc1cn(C)nc1CC. The van der Waals surface area contributed by atoms with Crippen LogP contribution in [-0.2, 0) is 20.0 Å². The zero-order chi connectivity index (χ0) is 13.2. The zero-order valence-electron chi connectivity index (χ0n) is 12.3. The highest BCUT2D eigenvalue weighted by atomic mass is 15.3. The van der Waals surface area contributed by atoms with Gasteiger partial charge in [0.1, 0.15) is 0 Å². The molecule has 0 spiro atoms. The van der Waals surface area contributed by atoms with E-state index in [1.54, 1.807) is 0 Å². The van der Waals surface area contributed by atoms with Gasteiger partial charge in [0.2, 0.25) is 0 Å². The van der Waals surface area contributed by atoms with E-state index in [0.29, 0.717) is 0 Å². The Kier molecular flexibility index (Phi) is 7.74. The number of aromatic nitrogens is 2. The molecule has 0 amide bonds. The Bertz CT molecular complexity index is 318. The van der Waals surface area contributed by atoms with Crippen LogP contribution < -0.4 is 5.32 Å². The van der Waals surface area contributed by atoms with Gasteiger partial charge < -0.3 is 5.32 Å². The Morgan fingerprint density at radius 1 is 1.11 bits per heavy atom. The van der Waals surface area contributed by atoms with Gasteiger partial charge in [-0.05, 0) is 19.4 Å². The van der Waals surface area contributed by atoms with Gasteiger partial charge in [0.25, 0.3) is 0 Å². The van der Waals surface area contributed by atoms with Gasteiger partial charge in [-0.15, -0.1) is 0 Å². The number of nitrogens with zero attached hydrogens (tertiary/aromatic N) is 2. The largest absolute Gasteiger partial charge is 0.313 e. The number of aryl methyl sites for hydroxylation is 2. The van der Waals surface area contributed by atoms with Crippen molar-refractivity contribution in [3.05, 3.63) is 17.5 Å². The molecule has 0 fully saturated rings. The predicted octanol–water partition coefficient (Wildman–Crippen LogP) is 3.43. The lowest BCUT2D eigenvalue weighted by atomic mass is 10.1. The van der Waals surface area contributed by atoms with Crippen LogP contribution in [0.15, 0.2) is 6.20 Å². The second-order valence-electron chi connectivity index (χ2n) is 5.07. The maximum absolute atomic E-state index is 4.45. The van der Waals surface area contributed by atoms with Gasteiger partial charge in [-0.2, -0.15) is 5.10 Å². The molecule has 1 aromatic heterocycles. The number of nitrogens with one attached hydrogen (secondary N) is 1. The number of hydrogen-bond acceptors (Lipinski definition) is 2. The molecule has 0 aliphatic rings. The average molecular weight is 251 g/mol. The monoisotopic (exact) mass is 251 g/mol. The Morgan fingerprint density at radius 2 is 1.83 bits per heavy atom. The Balaban J connectivity index is 2.06. The van der Waals surface area contributed by atoms with E-state index in [0.717, 1.165) is 19.5 Å². The lowest BCUT2D eigenvalue weighted by Crippen LogP contribution is -2.15. The third-order valence-corrected chi connectivity index (χ3v) is 3.35. The molecule has 1 heterocycles. The Labute approximate surface area is 112 Å². The highest BCUT2D eigenvalue weighted by Gasteiger charge is 2.04. The van der Waals surface area contributed by atoms with Crippen LogP contribution in [0.25, 0.3) is 0 Å². The smallest absolute Gasteiger partial charge is 0.0666 e. The van der Waals surface area contributed by atoms with Crippen LogP contribution in [0.1, 0.15) is 63.6 Å². The highest BCUT2D eigenvalue weighted by molar-refractivity contribution is 5.16. The van der Waals surface area contributed by atoms with Crippen molar-refractivity contribution in [2.24, 2.45) is 7.05 Å². The summed E-state index contributed by atoms with van der Waals surface area (Å²) >= 11 is 0. The molecule has 1 rings (SSSR count). The van der Waals surface area contributed by atoms with Crippen molar-refractivity contribution < 1.29 is 0 Å². The fraction of sp³-hybridized carbons (Fsp3) is 0.800. The van der Waals surface area contributed by atoms with E-state index in [9.17, 15) is 0 Å². The number of rotatable bonds is 10. The molecule has 0 aliphatic heterocycles. The molecule has 0 radical (unpaired) electrons. The molecule has 1 N–H and O–H groups in total. The van der Waals surface area contributed by atoms with Crippen LogP contribution in [0.5, 0.6) is 0 Å². The van der Waals surface area contributed by atoms with Crippen molar-refractivity contribution in [3.63, 3.8) is 0 Å². The first kappa shape index (κ1) is 15.2. The van der Waals surface area contributed by atoms with Crippen LogP contribution in [-0.4, -0.2) is 16.3 Å². The summed E-state index contributed by atoms with van der Waals surface area (Å²) in [5.74, 6) is 0. The van der Waals surface area contributed by atoms with Crippen LogP contribution in [0.4, 0.5) is 0 Å². The molecule has 3 heteroatoms. The van der Waals surface area contributed by atoms with Crippen molar-refractivity contribution in [2.45, 2.75) is 65.3 Å². The van der Waals surface area contributed by atoms with Gasteiger partial charge in [-0.3, -0.25) is 4.68 Å². The second kappa shape index (κ2) is 9.15. The molecule has 0 unspecified atom stereocenters. The fourth-order valence-corrected chi connectivity index (χ4v) is 2.28. The Hall–Kier alpha value is -0.830. The molecule has 0 bridgehead atoms. The van der Waals surface area contributed by atoms with Gasteiger partial charge in [0.05, 0.1) is 5.69 Å². The highest BCUT2D eigenvalue weighted by Crippen LogP contribution is 2.07. The van der Waals surface area contributed by atoms with E-state index in [1.165, 1.54) is 49.8 Å². The molecule has 0 saturated heterocycles. The quantitative estimate of drug-likeness (QED) is 0.646. The topological polar surface area (TPSA) is 29.9 Å². The fourth-order valence-electron chi connectivity index (χ4n) is 2.28. The summed E-state index contributed by atoms with van der Waals surface area (Å²) in [5.41, 5.74) is 2.58. The first-order chi connectivity index (χ1) is 8.77. The molecule has 0 aliphatic carbocycles. The lowest BCUT2D eigenvalue weighted by molar-refractivity contribution is 0.571. The normalized spacial score (nSPS) is 11.1. The molecule has 0 aromatic carbocycles. The second-order valence-corrected chi connectivity index (χ2v) is 5.07.